The van der Waals surface area contributed by atoms with E-state index in [-0.39, 0.29) is 0 Å². The summed E-state index contributed by atoms with van der Waals surface area (Å²) in [7, 11) is 0. The molecule has 0 bridgehead atoms. The number of carbonyl (C=O) groups is 1. The van der Waals surface area contributed by atoms with E-state index >= 15 is 0 Å². The summed E-state index contributed by atoms with van der Waals surface area (Å²) in [5, 5.41) is 5.43. The number of fused-ring (bicyclic) bond motifs is 1. The van der Waals surface area contributed by atoms with Gasteiger partial charge in [0.05, 0.1) is 6.61 Å². The Balaban J connectivity index is 1.55. The first-order chi connectivity index (χ1) is 12.7. The van der Waals surface area contributed by atoms with E-state index in [1.165, 1.54) is 16.9 Å². The van der Waals surface area contributed by atoms with Gasteiger partial charge in [-0.1, -0.05) is 59.4 Å². The standard InChI is InChI=1S/C20H17N3O2S/c1-14-7-9-15(10-8-14)19-17(13-24)23-20(21-19)26-18(22-23)11-12-25-16-5-3-2-4-6-16/h2-10,13H,11-12H2,1H3. The summed E-state index contributed by atoms with van der Waals surface area (Å²) < 4.78 is 7.34. The van der Waals surface area contributed by atoms with E-state index in [1.807, 2.05) is 61.5 Å². The molecule has 6 heteroatoms. The predicted molar refractivity (Wildman–Crippen MR) is 102 cm³/mol. The Morgan fingerprint density at radius 1 is 1.12 bits per heavy atom. The van der Waals surface area contributed by atoms with Crippen LogP contribution in [0.3, 0.4) is 0 Å². The molecule has 4 aromatic rings. The second-order valence-electron chi connectivity index (χ2n) is 5.93. The lowest BCUT2D eigenvalue weighted by atomic mass is 10.1. The molecular formula is C20H17N3O2S. The van der Waals surface area contributed by atoms with Gasteiger partial charge < -0.3 is 4.74 Å². The lowest BCUT2D eigenvalue weighted by Gasteiger charge is -2.03. The minimum atomic E-state index is 0.482. The molecule has 2 aromatic carbocycles. The van der Waals surface area contributed by atoms with Gasteiger partial charge in [0.25, 0.3) is 0 Å². The van der Waals surface area contributed by atoms with Crippen LogP contribution in [0.2, 0.25) is 0 Å². The maximum absolute atomic E-state index is 11.6. The summed E-state index contributed by atoms with van der Waals surface area (Å²) in [6.07, 6.45) is 1.49. The number of carbonyl (C=O) groups excluding carboxylic acids is 1. The van der Waals surface area contributed by atoms with Crippen molar-refractivity contribution in [2.75, 3.05) is 6.61 Å². The van der Waals surface area contributed by atoms with Crippen molar-refractivity contribution in [3.8, 4) is 17.0 Å². The van der Waals surface area contributed by atoms with Crippen LogP contribution in [0.4, 0.5) is 0 Å². The van der Waals surface area contributed by atoms with Gasteiger partial charge in [0, 0.05) is 12.0 Å². The minimum absolute atomic E-state index is 0.482. The van der Waals surface area contributed by atoms with Crippen molar-refractivity contribution < 1.29 is 9.53 Å². The topological polar surface area (TPSA) is 56.5 Å². The van der Waals surface area contributed by atoms with E-state index in [4.69, 9.17) is 4.74 Å². The molecule has 4 rings (SSSR count). The highest BCUT2D eigenvalue weighted by atomic mass is 32.1. The predicted octanol–water partition coefficient (Wildman–Crippen LogP) is 4.20. The van der Waals surface area contributed by atoms with Gasteiger partial charge >= 0.3 is 0 Å². The number of hydrogen-bond donors (Lipinski definition) is 0. The average molecular weight is 363 g/mol. The first-order valence-electron chi connectivity index (χ1n) is 8.33. The largest absolute Gasteiger partial charge is 0.493 e. The molecule has 2 heterocycles. The molecule has 0 aliphatic rings. The molecule has 0 aliphatic heterocycles. The molecule has 0 atom stereocenters. The zero-order valence-electron chi connectivity index (χ0n) is 14.3. The van der Waals surface area contributed by atoms with E-state index in [2.05, 4.69) is 10.1 Å². The monoisotopic (exact) mass is 363 g/mol. The Morgan fingerprint density at radius 2 is 1.88 bits per heavy atom. The smallest absolute Gasteiger partial charge is 0.213 e. The fourth-order valence-electron chi connectivity index (χ4n) is 2.71. The fraction of sp³-hybridized carbons (Fsp3) is 0.150. The second-order valence-corrected chi connectivity index (χ2v) is 6.97. The van der Waals surface area contributed by atoms with Crippen molar-refractivity contribution in [2.45, 2.75) is 13.3 Å². The van der Waals surface area contributed by atoms with Crippen LogP contribution >= 0.6 is 11.3 Å². The molecule has 2 aromatic heterocycles. The van der Waals surface area contributed by atoms with Gasteiger partial charge in [0.1, 0.15) is 22.1 Å². The Morgan fingerprint density at radius 3 is 2.62 bits per heavy atom. The maximum Gasteiger partial charge on any atom is 0.213 e. The van der Waals surface area contributed by atoms with Crippen LogP contribution in [-0.2, 0) is 6.42 Å². The molecule has 130 valence electrons. The lowest BCUT2D eigenvalue weighted by molar-refractivity contribution is 0.111. The highest BCUT2D eigenvalue weighted by Gasteiger charge is 2.17. The van der Waals surface area contributed by atoms with Crippen molar-refractivity contribution in [1.29, 1.82) is 0 Å². The van der Waals surface area contributed by atoms with Crippen LogP contribution in [0.5, 0.6) is 5.75 Å². The molecule has 5 nitrogen and oxygen atoms in total. The van der Waals surface area contributed by atoms with E-state index < -0.39 is 0 Å². The second kappa shape index (κ2) is 7.09. The number of aldehydes is 1. The lowest BCUT2D eigenvalue weighted by Crippen LogP contribution is -2.02. The van der Waals surface area contributed by atoms with Gasteiger partial charge in [-0.3, -0.25) is 4.79 Å². The number of imidazole rings is 1. The Labute approximate surface area is 154 Å². The van der Waals surface area contributed by atoms with Crippen LogP contribution in [0.15, 0.2) is 54.6 Å². The third-order valence-corrected chi connectivity index (χ3v) is 5.01. The molecule has 0 radical (unpaired) electrons. The van der Waals surface area contributed by atoms with Gasteiger partial charge in [-0.25, -0.2) is 4.98 Å². The zero-order valence-corrected chi connectivity index (χ0v) is 15.1. The number of rotatable bonds is 6. The van der Waals surface area contributed by atoms with E-state index in [9.17, 15) is 4.79 Å². The van der Waals surface area contributed by atoms with Crippen LogP contribution in [-0.4, -0.2) is 27.5 Å². The molecule has 0 saturated heterocycles. The number of aryl methyl sites for hydroxylation is 1. The van der Waals surface area contributed by atoms with Crippen LogP contribution in [0.1, 0.15) is 21.1 Å². The van der Waals surface area contributed by atoms with Gasteiger partial charge in [-0.2, -0.15) is 9.61 Å². The van der Waals surface area contributed by atoms with Crippen LogP contribution in [0, 0.1) is 6.92 Å². The molecule has 0 amide bonds. The number of benzene rings is 2. The number of para-hydroxylation sites is 1. The Kier molecular flexibility index (Phi) is 4.50. The van der Waals surface area contributed by atoms with Gasteiger partial charge in [-0.15, -0.1) is 0 Å². The first kappa shape index (κ1) is 16.5. The highest BCUT2D eigenvalue weighted by Crippen LogP contribution is 2.26. The van der Waals surface area contributed by atoms with Crippen molar-refractivity contribution in [3.63, 3.8) is 0 Å². The maximum atomic E-state index is 11.6. The van der Waals surface area contributed by atoms with Gasteiger partial charge in [-0.05, 0) is 19.1 Å². The summed E-state index contributed by atoms with van der Waals surface area (Å²) in [5.74, 6) is 0.837. The third-order valence-electron chi connectivity index (χ3n) is 4.04. The number of ether oxygens (including phenoxy) is 1. The molecular weight excluding hydrogens is 346 g/mol. The molecule has 0 fully saturated rings. The first-order valence-corrected chi connectivity index (χ1v) is 9.15. The molecule has 0 unspecified atom stereocenters. The van der Waals surface area contributed by atoms with Crippen LogP contribution < -0.4 is 4.74 Å². The van der Waals surface area contributed by atoms with E-state index in [0.29, 0.717) is 24.4 Å². The van der Waals surface area contributed by atoms with Crippen molar-refractivity contribution in [3.05, 3.63) is 70.9 Å². The zero-order chi connectivity index (χ0) is 17.9. The van der Waals surface area contributed by atoms with Crippen molar-refractivity contribution >= 4 is 22.6 Å². The molecule has 0 N–H and O–H groups in total. The number of nitrogens with zero attached hydrogens (tertiary/aromatic N) is 3. The van der Waals surface area contributed by atoms with Crippen LogP contribution in [0.25, 0.3) is 16.2 Å². The fourth-order valence-corrected chi connectivity index (χ4v) is 3.59. The summed E-state index contributed by atoms with van der Waals surface area (Å²) in [6.45, 7) is 2.56. The van der Waals surface area contributed by atoms with E-state index in [0.717, 1.165) is 27.6 Å². The van der Waals surface area contributed by atoms with E-state index in [1.54, 1.807) is 4.52 Å². The molecule has 26 heavy (non-hydrogen) atoms. The molecule has 0 spiro atoms. The minimum Gasteiger partial charge on any atom is -0.493 e. The molecule has 0 aliphatic carbocycles. The highest BCUT2D eigenvalue weighted by molar-refractivity contribution is 7.16. The SMILES string of the molecule is Cc1ccc(-c2nc3sc(CCOc4ccccc4)nn3c2C=O)cc1. The molecule has 0 saturated carbocycles. The third kappa shape index (κ3) is 3.23. The number of hydrogen-bond acceptors (Lipinski definition) is 5. The Hall–Kier alpha value is -2.99. The van der Waals surface area contributed by atoms with Gasteiger partial charge in [0.2, 0.25) is 4.96 Å². The summed E-state index contributed by atoms with van der Waals surface area (Å²) >= 11 is 1.48. The number of aromatic nitrogens is 3. The van der Waals surface area contributed by atoms with Gasteiger partial charge in [0.15, 0.2) is 6.29 Å². The Bertz CT molecular complexity index is 1040. The summed E-state index contributed by atoms with van der Waals surface area (Å²) in [4.78, 5) is 17.0. The van der Waals surface area contributed by atoms with Crippen molar-refractivity contribution in [2.24, 2.45) is 0 Å². The summed E-state index contributed by atoms with van der Waals surface area (Å²) in [6, 6.07) is 17.7. The van der Waals surface area contributed by atoms with Crippen molar-refractivity contribution in [1.82, 2.24) is 14.6 Å². The quantitative estimate of drug-likeness (QED) is 0.482. The summed E-state index contributed by atoms with van der Waals surface area (Å²) in [5.41, 5.74) is 3.24. The average Bonchev–Trinajstić information content (AvgIpc) is 3.20. The normalized spacial score (nSPS) is 11.0.